The summed E-state index contributed by atoms with van der Waals surface area (Å²) in [7, 11) is 3.62. The van der Waals surface area contributed by atoms with Gasteiger partial charge in [-0.2, -0.15) is 5.10 Å². The molecule has 0 radical (unpaired) electrons. The van der Waals surface area contributed by atoms with Crippen LogP contribution in [0.2, 0.25) is 0 Å². The number of benzene rings is 2. The van der Waals surface area contributed by atoms with Crippen molar-refractivity contribution in [3.63, 3.8) is 0 Å². The summed E-state index contributed by atoms with van der Waals surface area (Å²) in [5, 5.41) is 8.78. The van der Waals surface area contributed by atoms with Crippen LogP contribution in [0.3, 0.4) is 0 Å². The molecule has 2 aromatic carbocycles. The topological polar surface area (TPSA) is 53.4 Å². The van der Waals surface area contributed by atoms with Gasteiger partial charge in [0.1, 0.15) is 0 Å². The summed E-state index contributed by atoms with van der Waals surface area (Å²) < 4.78 is 2.07. The zero-order valence-corrected chi connectivity index (χ0v) is 21.0. The number of piperidine rings is 1. The van der Waals surface area contributed by atoms with E-state index in [-0.39, 0.29) is 5.91 Å². The maximum atomic E-state index is 13.0. The number of carbonyl (C=O) groups is 1. The molecule has 1 aliphatic heterocycles. The average Bonchev–Trinajstić information content (AvgIpc) is 3.23. The first-order valence-corrected chi connectivity index (χ1v) is 12.9. The van der Waals surface area contributed by atoms with Gasteiger partial charge in [-0.15, -0.1) is 0 Å². The minimum absolute atomic E-state index is 0.00271. The molecule has 1 fully saturated rings. The SMILES string of the molecule is CN(C)C(=O)c1nn(Cc2ccccc2)c2c1CC(NC1CCN(Cc3ccccc3)CC1)CC2. The van der Waals surface area contributed by atoms with Crippen LogP contribution in [0.4, 0.5) is 0 Å². The summed E-state index contributed by atoms with van der Waals surface area (Å²) in [5.74, 6) is 0.00271. The third kappa shape index (κ3) is 5.65. The quantitative estimate of drug-likeness (QED) is 0.570. The first-order valence-electron chi connectivity index (χ1n) is 12.9. The van der Waals surface area contributed by atoms with Gasteiger partial charge < -0.3 is 10.2 Å². The molecule has 0 saturated carbocycles. The molecule has 0 bridgehead atoms. The van der Waals surface area contributed by atoms with Crippen molar-refractivity contribution in [1.29, 1.82) is 0 Å². The first kappa shape index (κ1) is 23.8. The molecule has 1 saturated heterocycles. The second kappa shape index (κ2) is 10.8. The Morgan fingerprint density at radius 1 is 0.914 bits per heavy atom. The zero-order valence-electron chi connectivity index (χ0n) is 21.0. The molecular weight excluding hydrogens is 434 g/mol. The van der Waals surface area contributed by atoms with Crippen LogP contribution in [0.15, 0.2) is 60.7 Å². The van der Waals surface area contributed by atoms with Gasteiger partial charge in [-0.05, 0) is 56.3 Å². The standard InChI is InChI=1S/C29H37N5O/c1-32(2)29(35)28-26-19-25(13-14-27(26)34(31-28)21-23-11-7-4-8-12-23)30-24-15-17-33(18-16-24)20-22-9-5-3-6-10-22/h3-12,24-25,30H,13-21H2,1-2H3. The summed E-state index contributed by atoms with van der Waals surface area (Å²) in [6.45, 7) is 4.01. The van der Waals surface area contributed by atoms with Gasteiger partial charge in [0.2, 0.25) is 0 Å². The normalized spacial score (nSPS) is 18.9. The Bertz CT molecular complexity index is 1120. The molecule has 2 aliphatic rings. The highest BCUT2D eigenvalue weighted by molar-refractivity contribution is 5.93. The molecule has 1 amide bonds. The average molecular weight is 472 g/mol. The van der Waals surface area contributed by atoms with Crippen molar-refractivity contribution in [2.45, 2.75) is 57.3 Å². The van der Waals surface area contributed by atoms with Crippen molar-refractivity contribution >= 4 is 5.91 Å². The fourth-order valence-corrected chi connectivity index (χ4v) is 5.53. The van der Waals surface area contributed by atoms with Gasteiger partial charge in [-0.1, -0.05) is 60.7 Å². The summed E-state index contributed by atoms with van der Waals surface area (Å²) >= 11 is 0. The van der Waals surface area contributed by atoms with Crippen LogP contribution in [-0.4, -0.2) is 64.8 Å². The van der Waals surface area contributed by atoms with Crippen molar-refractivity contribution in [2.75, 3.05) is 27.2 Å². The van der Waals surface area contributed by atoms with E-state index in [0.717, 1.165) is 44.5 Å². The van der Waals surface area contributed by atoms with Crippen LogP contribution in [0, 0.1) is 0 Å². The lowest BCUT2D eigenvalue weighted by Crippen LogP contribution is -2.47. The van der Waals surface area contributed by atoms with Crippen LogP contribution in [0.25, 0.3) is 0 Å². The second-order valence-electron chi connectivity index (χ2n) is 10.3. The highest BCUT2D eigenvalue weighted by Crippen LogP contribution is 2.27. The number of fused-ring (bicyclic) bond motifs is 1. The third-order valence-electron chi connectivity index (χ3n) is 7.44. The van der Waals surface area contributed by atoms with Crippen LogP contribution >= 0.6 is 0 Å². The van der Waals surface area contributed by atoms with Gasteiger partial charge in [-0.3, -0.25) is 14.4 Å². The van der Waals surface area contributed by atoms with Gasteiger partial charge in [0.25, 0.3) is 5.91 Å². The zero-order chi connectivity index (χ0) is 24.2. The molecule has 1 unspecified atom stereocenters. The lowest BCUT2D eigenvalue weighted by Gasteiger charge is -2.35. The van der Waals surface area contributed by atoms with Crippen molar-refractivity contribution in [3.05, 3.63) is 88.7 Å². The van der Waals surface area contributed by atoms with Crippen molar-refractivity contribution in [1.82, 2.24) is 24.9 Å². The summed E-state index contributed by atoms with van der Waals surface area (Å²) in [5.41, 5.74) is 5.61. The van der Waals surface area contributed by atoms with E-state index in [0.29, 0.717) is 24.3 Å². The predicted octanol–water partition coefficient (Wildman–Crippen LogP) is 3.74. The van der Waals surface area contributed by atoms with E-state index in [9.17, 15) is 4.79 Å². The van der Waals surface area contributed by atoms with Gasteiger partial charge in [0.05, 0.1) is 6.54 Å². The van der Waals surface area contributed by atoms with E-state index >= 15 is 0 Å². The molecule has 1 N–H and O–H groups in total. The van der Waals surface area contributed by atoms with E-state index in [4.69, 9.17) is 5.10 Å². The predicted molar refractivity (Wildman–Crippen MR) is 139 cm³/mol. The first-order chi connectivity index (χ1) is 17.1. The van der Waals surface area contributed by atoms with Gasteiger partial charge in [0, 0.05) is 44.0 Å². The van der Waals surface area contributed by atoms with E-state index in [1.165, 1.54) is 29.7 Å². The lowest BCUT2D eigenvalue weighted by atomic mass is 9.89. The van der Waals surface area contributed by atoms with E-state index < -0.39 is 0 Å². The molecular formula is C29H37N5O. The van der Waals surface area contributed by atoms with Crippen LogP contribution in [0.1, 0.15) is 52.1 Å². The third-order valence-corrected chi connectivity index (χ3v) is 7.44. The molecule has 1 aromatic heterocycles. The lowest BCUT2D eigenvalue weighted by molar-refractivity contribution is 0.0819. The number of likely N-dealkylation sites (tertiary alicyclic amines) is 1. The molecule has 5 rings (SSSR count). The number of amides is 1. The number of carbonyl (C=O) groups excluding carboxylic acids is 1. The molecule has 184 valence electrons. The maximum absolute atomic E-state index is 13.0. The smallest absolute Gasteiger partial charge is 0.274 e. The van der Waals surface area contributed by atoms with Gasteiger partial charge >= 0.3 is 0 Å². The van der Waals surface area contributed by atoms with Crippen molar-refractivity contribution in [3.8, 4) is 0 Å². The number of hydrogen-bond donors (Lipinski definition) is 1. The molecule has 0 spiro atoms. The van der Waals surface area contributed by atoms with Gasteiger partial charge in [-0.25, -0.2) is 0 Å². The number of rotatable bonds is 7. The number of aromatic nitrogens is 2. The number of nitrogens with zero attached hydrogens (tertiary/aromatic N) is 4. The largest absolute Gasteiger partial charge is 0.343 e. The van der Waals surface area contributed by atoms with Crippen molar-refractivity contribution < 1.29 is 4.79 Å². The minimum atomic E-state index is 0.00271. The summed E-state index contributed by atoms with van der Waals surface area (Å²) in [6.07, 6.45) is 5.27. The molecule has 1 aliphatic carbocycles. The summed E-state index contributed by atoms with van der Waals surface area (Å²) in [6, 6.07) is 22.1. The molecule has 3 aromatic rings. The summed E-state index contributed by atoms with van der Waals surface area (Å²) in [4.78, 5) is 17.2. The minimum Gasteiger partial charge on any atom is -0.343 e. The second-order valence-corrected chi connectivity index (χ2v) is 10.3. The van der Waals surface area contributed by atoms with Crippen LogP contribution in [0.5, 0.6) is 0 Å². The number of hydrogen-bond acceptors (Lipinski definition) is 4. The molecule has 35 heavy (non-hydrogen) atoms. The van der Waals surface area contributed by atoms with Crippen LogP contribution in [-0.2, 0) is 25.9 Å². The molecule has 2 heterocycles. The highest BCUT2D eigenvalue weighted by atomic mass is 16.2. The van der Waals surface area contributed by atoms with Gasteiger partial charge in [0.15, 0.2) is 5.69 Å². The Hall–Kier alpha value is -2.96. The van der Waals surface area contributed by atoms with E-state index in [2.05, 4.69) is 69.5 Å². The monoisotopic (exact) mass is 471 g/mol. The Kier molecular flexibility index (Phi) is 7.30. The van der Waals surface area contributed by atoms with Crippen molar-refractivity contribution in [2.24, 2.45) is 0 Å². The Balaban J connectivity index is 1.24. The maximum Gasteiger partial charge on any atom is 0.274 e. The molecule has 1 atom stereocenters. The highest BCUT2D eigenvalue weighted by Gasteiger charge is 2.31. The number of nitrogens with one attached hydrogen (secondary N) is 1. The molecule has 6 nitrogen and oxygen atoms in total. The Labute approximate surface area is 208 Å². The fourth-order valence-electron chi connectivity index (χ4n) is 5.53. The van der Waals surface area contributed by atoms with E-state index in [1.807, 2.05) is 20.2 Å². The van der Waals surface area contributed by atoms with E-state index in [1.54, 1.807) is 4.90 Å². The Morgan fingerprint density at radius 2 is 1.54 bits per heavy atom. The molecule has 6 heteroatoms. The fraction of sp³-hybridized carbons (Fsp3) is 0.448. The Morgan fingerprint density at radius 3 is 2.17 bits per heavy atom. The van der Waals surface area contributed by atoms with Crippen LogP contribution < -0.4 is 5.32 Å².